The van der Waals surface area contributed by atoms with Crippen LogP contribution in [0.1, 0.15) is 31.1 Å². The summed E-state index contributed by atoms with van der Waals surface area (Å²) >= 11 is 1.16. The lowest BCUT2D eigenvalue weighted by atomic mass is 9.91. The van der Waals surface area contributed by atoms with Gasteiger partial charge in [-0.3, -0.25) is 14.4 Å². The molecule has 2 amide bonds. The zero-order valence-corrected chi connectivity index (χ0v) is 20.9. The summed E-state index contributed by atoms with van der Waals surface area (Å²) in [5.41, 5.74) is 0.238. The Bertz CT molecular complexity index is 1050. The number of methoxy groups -OCH3 is 1. The average Bonchev–Trinajstić information content (AvgIpc) is 2.80. The Labute approximate surface area is 204 Å². The maximum atomic E-state index is 12.6. The number of anilines is 1. The van der Waals surface area contributed by atoms with Crippen LogP contribution in [0.25, 0.3) is 0 Å². The molecule has 0 spiro atoms. The van der Waals surface area contributed by atoms with Gasteiger partial charge in [0.05, 0.1) is 25.0 Å². The van der Waals surface area contributed by atoms with Crippen LogP contribution >= 0.6 is 11.8 Å². The number of hydrogen-bond acceptors (Lipinski definition) is 7. The number of benzene rings is 2. The predicted octanol–water partition coefficient (Wildman–Crippen LogP) is 3.66. The molecule has 0 aromatic heterocycles. The molecule has 0 aliphatic heterocycles. The van der Waals surface area contributed by atoms with Crippen molar-refractivity contribution in [1.82, 2.24) is 4.90 Å². The van der Waals surface area contributed by atoms with Gasteiger partial charge in [-0.05, 0) is 24.3 Å². The van der Waals surface area contributed by atoms with Gasteiger partial charge < -0.3 is 19.7 Å². The van der Waals surface area contributed by atoms with Crippen molar-refractivity contribution in [3.8, 4) is 5.75 Å². The van der Waals surface area contributed by atoms with Crippen LogP contribution in [0.5, 0.6) is 5.75 Å². The van der Waals surface area contributed by atoms with Crippen molar-refractivity contribution in [1.29, 1.82) is 0 Å². The molecule has 0 fully saturated rings. The summed E-state index contributed by atoms with van der Waals surface area (Å²) in [4.78, 5) is 51.3. The molecule has 0 unspecified atom stereocenters. The van der Waals surface area contributed by atoms with E-state index >= 15 is 0 Å². The number of hydrogen-bond donors (Lipinski definition) is 1. The van der Waals surface area contributed by atoms with E-state index in [1.165, 1.54) is 19.1 Å². The second-order valence-electron chi connectivity index (χ2n) is 8.56. The van der Waals surface area contributed by atoms with Crippen LogP contribution in [-0.2, 0) is 19.1 Å². The van der Waals surface area contributed by atoms with Crippen molar-refractivity contribution in [2.24, 2.45) is 5.41 Å². The third kappa shape index (κ3) is 8.22. The minimum atomic E-state index is -0.626. The molecule has 182 valence electrons. The maximum Gasteiger partial charge on any atom is 0.339 e. The second-order valence-corrected chi connectivity index (χ2v) is 9.58. The van der Waals surface area contributed by atoms with Crippen LogP contribution in [0.3, 0.4) is 0 Å². The van der Waals surface area contributed by atoms with Gasteiger partial charge in [-0.15, -0.1) is 11.8 Å². The second kappa shape index (κ2) is 12.2. The number of nitrogens with zero attached hydrogens (tertiary/aromatic N) is 1. The fourth-order valence-electron chi connectivity index (χ4n) is 2.64. The number of ether oxygens (including phenoxy) is 2. The highest BCUT2D eigenvalue weighted by Crippen LogP contribution is 2.24. The maximum absolute atomic E-state index is 12.6. The standard InChI is InChI=1S/C25H30N2O6S/c1-25(2,3)21(28)15-33-24(31)19-11-6-7-12-20(19)34-16-23(30)27(4)14-22(29)26-17-9-8-10-18(13-17)32-5/h6-13H,14-16H2,1-5H3,(H,26,29). The number of ketones is 1. The molecule has 0 saturated carbocycles. The summed E-state index contributed by atoms with van der Waals surface area (Å²) in [6.07, 6.45) is 0. The minimum Gasteiger partial charge on any atom is -0.497 e. The Kier molecular flexibility index (Phi) is 9.68. The monoisotopic (exact) mass is 486 g/mol. The third-order valence-electron chi connectivity index (χ3n) is 4.79. The Morgan fingerprint density at radius 3 is 2.41 bits per heavy atom. The zero-order chi connectivity index (χ0) is 25.3. The summed E-state index contributed by atoms with van der Waals surface area (Å²) in [5.74, 6) is -0.806. The Hall–Kier alpha value is -3.33. The summed E-state index contributed by atoms with van der Waals surface area (Å²) < 4.78 is 10.3. The van der Waals surface area contributed by atoms with Crippen LogP contribution in [-0.4, -0.2) is 61.5 Å². The van der Waals surface area contributed by atoms with Crippen LogP contribution < -0.4 is 10.1 Å². The van der Waals surface area contributed by atoms with Gasteiger partial charge in [-0.2, -0.15) is 0 Å². The molecular formula is C25H30N2O6S. The van der Waals surface area contributed by atoms with E-state index in [9.17, 15) is 19.2 Å². The van der Waals surface area contributed by atoms with Gasteiger partial charge in [0.2, 0.25) is 11.8 Å². The summed E-state index contributed by atoms with van der Waals surface area (Å²) in [5, 5.41) is 2.73. The molecule has 0 aliphatic carbocycles. The summed E-state index contributed by atoms with van der Waals surface area (Å²) in [6.45, 7) is 4.82. The highest BCUT2D eigenvalue weighted by atomic mass is 32.2. The molecule has 0 saturated heterocycles. The smallest absolute Gasteiger partial charge is 0.339 e. The Morgan fingerprint density at radius 1 is 1.03 bits per heavy atom. The normalized spacial score (nSPS) is 10.9. The topological polar surface area (TPSA) is 102 Å². The van der Waals surface area contributed by atoms with Crippen LogP contribution in [0.2, 0.25) is 0 Å². The predicted molar refractivity (Wildman–Crippen MR) is 131 cm³/mol. The van der Waals surface area contributed by atoms with E-state index in [-0.39, 0.29) is 42.1 Å². The molecule has 2 aromatic rings. The van der Waals surface area contributed by atoms with E-state index in [0.29, 0.717) is 16.3 Å². The molecule has 8 nitrogen and oxygen atoms in total. The molecule has 9 heteroatoms. The van der Waals surface area contributed by atoms with Gasteiger partial charge in [0.15, 0.2) is 12.4 Å². The molecular weight excluding hydrogens is 456 g/mol. The summed E-state index contributed by atoms with van der Waals surface area (Å²) in [7, 11) is 3.07. The molecule has 0 atom stereocenters. The zero-order valence-electron chi connectivity index (χ0n) is 20.0. The van der Waals surface area contributed by atoms with Crippen molar-refractivity contribution in [2.45, 2.75) is 25.7 Å². The Morgan fingerprint density at radius 2 is 1.74 bits per heavy atom. The number of carbonyl (C=O) groups is 4. The fourth-order valence-corrected chi connectivity index (χ4v) is 3.62. The van der Waals surface area contributed by atoms with Crippen molar-refractivity contribution >= 4 is 41.0 Å². The van der Waals surface area contributed by atoms with Gasteiger partial charge in [-0.1, -0.05) is 39.0 Å². The van der Waals surface area contributed by atoms with Gasteiger partial charge in [0, 0.05) is 29.1 Å². The van der Waals surface area contributed by atoms with Crippen molar-refractivity contribution in [3.63, 3.8) is 0 Å². The quantitative estimate of drug-likeness (QED) is 0.404. The van der Waals surface area contributed by atoms with Gasteiger partial charge in [0.1, 0.15) is 5.75 Å². The number of carbonyl (C=O) groups excluding carboxylic acids is 4. The van der Waals surface area contributed by atoms with Gasteiger partial charge in [0.25, 0.3) is 0 Å². The lowest BCUT2D eigenvalue weighted by molar-refractivity contribution is -0.131. The first-order valence-electron chi connectivity index (χ1n) is 10.6. The van der Waals surface area contributed by atoms with Gasteiger partial charge in [-0.25, -0.2) is 4.79 Å². The third-order valence-corrected chi connectivity index (χ3v) is 5.85. The number of nitrogens with one attached hydrogen (secondary N) is 1. The first-order chi connectivity index (χ1) is 16.0. The molecule has 0 aliphatic rings. The minimum absolute atomic E-state index is 0.0220. The molecule has 0 heterocycles. The number of thioether (sulfide) groups is 1. The van der Waals surface area contributed by atoms with Crippen LogP contribution in [0.15, 0.2) is 53.4 Å². The first-order valence-corrected chi connectivity index (χ1v) is 11.6. The van der Waals surface area contributed by atoms with Crippen molar-refractivity contribution in [3.05, 3.63) is 54.1 Å². The molecule has 2 aromatic carbocycles. The largest absolute Gasteiger partial charge is 0.497 e. The van der Waals surface area contributed by atoms with E-state index in [2.05, 4.69) is 5.32 Å². The fraction of sp³-hybridized carbons (Fsp3) is 0.360. The number of esters is 1. The lowest BCUT2D eigenvalue weighted by Gasteiger charge is -2.18. The molecule has 34 heavy (non-hydrogen) atoms. The molecule has 2 rings (SSSR count). The van der Waals surface area contributed by atoms with E-state index in [4.69, 9.17) is 9.47 Å². The van der Waals surface area contributed by atoms with E-state index in [1.807, 2.05) is 0 Å². The van der Waals surface area contributed by atoms with E-state index < -0.39 is 11.4 Å². The Balaban J connectivity index is 1.90. The number of likely N-dealkylation sites (N-methyl/N-ethyl adjacent to an activating group) is 1. The highest BCUT2D eigenvalue weighted by molar-refractivity contribution is 8.00. The van der Waals surface area contributed by atoms with E-state index in [1.54, 1.807) is 69.3 Å². The van der Waals surface area contributed by atoms with Crippen molar-refractivity contribution < 1.29 is 28.7 Å². The summed E-state index contributed by atoms with van der Waals surface area (Å²) in [6, 6.07) is 13.6. The lowest BCUT2D eigenvalue weighted by Crippen LogP contribution is -2.36. The number of rotatable bonds is 10. The van der Waals surface area contributed by atoms with Gasteiger partial charge >= 0.3 is 5.97 Å². The number of amides is 2. The van der Waals surface area contributed by atoms with E-state index in [0.717, 1.165) is 11.8 Å². The average molecular weight is 487 g/mol. The molecule has 1 N–H and O–H groups in total. The molecule has 0 radical (unpaired) electrons. The molecule has 0 bridgehead atoms. The van der Waals surface area contributed by atoms with Crippen molar-refractivity contribution in [2.75, 3.05) is 38.4 Å². The van der Waals surface area contributed by atoms with Crippen LogP contribution in [0.4, 0.5) is 5.69 Å². The van der Waals surface area contributed by atoms with Crippen LogP contribution in [0, 0.1) is 5.41 Å². The first kappa shape index (κ1) is 26.9. The highest BCUT2D eigenvalue weighted by Gasteiger charge is 2.24. The number of Topliss-reactive ketones (excluding diaryl/α,β-unsaturated/α-hetero) is 1. The SMILES string of the molecule is COc1cccc(NC(=O)CN(C)C(=O)CSc2ccccc2C(=O)OCC(=O)C(C)(C)C)c1.